The molecule has 0 aromatic heterocycles. The number of nitrogens with zero attached hydrogens (tertiary/aromatic N) is 1. The van der Waals surface area contributed by atoms with Crippen LogP contribution in [0.15, 0.2) is 24.3 Å². The quantitative estimate of drug-likeness (QED) is 0.920. The van der Waals surface area contributed by atoms with Gasteiger partial charge in [0.2, 0.25) is 5.91 Å². The van der Waals surface area contributed by atoms with E-state index in [2.05, 4.69) is 11.2 Å². The van der Waals surface area contributed by atoms with Gasteiger partial charge in [-0.05, 0) is 43.3 Å². The van der Waals surface area contributed by atoms with Gasteiger partial charge < -0.3 is 5.73 Å². The number of likely N-dealkylation sites (tertiary alicyclic amines) is 1. The van der Waals surface area contributed by atoms with Gasteiger partial charge in [0.1, 0.15) is 0 Å². The number of primary amides is 1. The summed E-state index contributed by atoms with van der Waals surface area (Å²) < 4.78 is 0. The average molecular weight is 278 g/mol. The summed E-state index contributed by atoms with van der Waals surface area (Å²) in [4.78, 5) is 13.6. The highest BCUT2D eigenvalue weighted by Gasteiger charge is 2.17. The molecule has 2 N–H and O–H groups in total. The molecule has 1 atom stereocenters. The van der Waals surface area contributed by atoms with Gasteiger partial charge in [-0.1, -0.05) is 18.6 Å². The molecule has 0 bridgehead atoms. The van der Waals surface area contributed by atoms with E-state index in [9.17, 15) is 4.79 Å². The zero-order valence-corrected chi connectivity index (χ0v) is 12.3. The second-order valence-corrected chi connectivity index (χ2v) is 6.29. The summed E-state index contributed by atoms with van der Waals surface area (Å²) in [5.41, 5.74) is 7.09. The second kappa shape index (κ2) is 6.96. The second-order valence-electron chi connectivity index (χ2n) is 5.15. The number of carbonyl (C=O) groups is 1. The molecule has 4 heteroatoms. The molecule has 0 aliphatic carbocycles. The molecule has 104 valence electrons. The third-order valence-corrected chi connectivity index (χ3v) is 4.74. The molecular weight excluding hydrogens is 256 g/mol. The number of rotatable bonds is 4. The zero-order valence-electron chi connectivity index (χ0n) is 11.5. The largest absolute Gasteiger partial charge is 0.366 e. The number of hydrogen-bond donors (Lipinski definition) is 1. The summed E-state index contributed by atoms with van der Waals surface area (Å²) in [5, 5.41) is 0.757. The molecule has 1 heterocycles. The van der Waals surface area contributed by atoms with Crippen molar-refractivity contribution in [3.8, 4) is 0 Å². The van der Waals surface area contributed by atoms with Crippen LogP contribution in [0.1, 0.15) is 35.2 Å². The van der Waals surface area contributed by atoms with Gasteiger partial charge in [-0.3, -0.25) is 9.69 Å². The van der Waals surface area contributed by atoms with Crippen molar-refractivity contribution < 1.29 is 4.79 Å². The highest BCUT2D eigenvalue weighted by atomic mass is 32.2. The number of carbonyl (C=O) groups excluding carboxylic acids is 1. The molecule has 1 saturated heterocycles. The van der Waals surface area contributed by atoms with Crippen molar-refractivity contribution in [3.05, 3.63) is 35.4 Å². The van der Waals surface area contributed by atoms with E-state index in [1.807, 2.05) is 36.0 Å². The lowest BCUT2D eigenvalue weighted by Crippen LogP contribution is -2.29. The Kier molecular flexibility index (Phi) is 5.28. The molecule has 1 aromatic rings. The van der Waals surface area contributed by atoms with E-state index in [1.54, 1.807) is 0 Å². The number of amides is 1. The van der Waals surface area contributed by atoms with E-state index in [-0.39, 0.29) is 5.91 Å². The first kappa shape index (κ1) is 14.4. The zero-order chi connectivity index (χ0) is 13.7. The van der Waals surface area contributed by atoms with E-state index in [0.717, 1.165) is 11.8 Å². The minimum atomic E-state index is -0.358. The van der Waals surface area contributed by atoms with Crippen LogP contribution in [0.25, 0.3) is 0 Å². The normalized spacial score (nSPS) is 21.0. The molecule has 3 nitrogen and oxygen atoms in total. The Morgan fingerprint density at radius 3 is 2.74 bits per heavy atom. The molecule has 2 rings (SSSR count). The van der Waals surface area contributed by atoms with Crippen molar-refractivity contribution in [2.45, 2.75) is 31.1 Å². The maximum atomic E-state index is 11.0. The summed E-state index contributed by atoms with van der Waals surface area (Å²) in [6.45, 7) is 3.31. The van der Waals surface area contributed by atoms with Gasteiger partial charge in [-0.15, -0.1) is 0 Å². The molecule has 0 radical (unpaired) electrons. The lowest BCUT2D eigenvalue weighted by Gasteiger charge is -2.23. The van der Waals surface area contributed by atoms with Crippen LogP contribution in [-0.4, -0.2) is 35.4 Å². The highest BCUT2D eigenvalue weighted by Crippen LogP contribution is 2.21. The molecule has 1 aliphatic heterocycles. The Labute approximate surface area is 119 Å². The summed E-state index contributed by atoms with van der Waals surface area (Å²) in [7, 11) is 0. The topological polar surface area (TPSA) is 46.3 Å². The summed E-state index contributed by atoms with van der Waals surface area (Å²) in [5.74, 6) is -0.358. The van der Waals surface area contributed by atoms with Crippen molar-refractivity contribution in [2.75, 3.05) is 19.3 Å². The molecule has 1 fully saturated rings. The first-order chi connectivity index (χ1) is 9.19. The summed E-state index contributed by atoms with van der Waals surface area (Å²) in [6, 6.07) is 7.67. The number of hydrogen-bond acceptors (Lipinski definition) is 3. The van der Waals surface area contributed by atoms with Crippen LogP contribution in [0, 0.1) is 0 Å². The summed E-state index contributed by atoms with van der Waals surface area (Å²) in [6.07, 6.45) is 6.16. The van der Waals surface area contributed by atoms with Crippen molar-refractivity contribution in [3.63, 3.8) is 0 Å². The molecule has 1 amide bonds. The van der Waals surface area contributed by atoms with Crippen molar-refractivity contribution in [2.24, 2.45) is 5.73 Å². The Balaban J connectivity index is 1.97. The predicted octanol–water partition coefficient (Wildman–Crippen LogP) is 2.50. The molecule has 0 saturated carbocycles. The third-order valence-electron chi connectivity index (χ3n) is 3.69. The maximum Gasteiger partial charge on any atom is 0.248 e. The first-order valence-electron chi connectivity index (χ1n) is 6.83. The third kappa shape index (κ3) is 4.25. The van der Waals surface area contributed by atoms with Gasteiger partial charge in [0.25, 0.3) is 0 Å². The van der Waals surface area contributed by atoms with Crippen LogP contribution in [0.2, 0.25) is 0 Å². The average Bonchev–Trinajstić information content (AvgIpc) is 2.64. The first-order valence-corrected chi connectivity index (χ1v) is 8.11. The van der Waals surface area contributed by atoms with Crippen molar-refractivity contribution >= 4 is 17.7 Å². The monoisotopic (exact) mass is 278 g/mol. The van der Waals surface area contributed by atoms with Crippen LogP contribution >= 0.6 is 11.8 Å². The van der Waals surface area contributed by atoms with E-state index in [4.69, 9.17) is 5.73 Å². The summed E-state index contributed by atoms with van der Waals surface area (Å²) >= 11 is 1.98. The number of nitrogens with two attached hydrogens (primary N) is 1. The number of thioether (sulfide) groups is 1. The maximum absolute atomic E-state index is 11.0. The molecule has 1 unspecified atom stereocenters. The Bertz CT molecular complexity index is 419. The van der Waals surface area contributed by atoms with Gasteiger partial charge in [0, 0.05) is 23.9 Å². The molecular formula is C15H22N2OS. The van der Waals surface area contributed by atoms with Crippen LogP contribution in [0.3, 0.4) is 0 Å². The van der Waals surface area contributed by atoms with Crippen LogP contribution < -0.4 is 5.73 Å². The van der Waals surface area contributed by atoms with Gasteiger partial charge in [-0.25, -0.2) is 0 Å². The smallest absolute Gasteiger partial charge is 0.248 e. The Morgan fingerprint density at radius 2 is 2.11 bits per heavy atom. The van der Waals surface area contributed by atoms with Gasteiger partial charge in [0.15, 0.2) is 0 Å². The minimum absolute atomic E-state index is 0.358. The van der Waals surface area contributed by atoms with Crippen LogP contribution in [0.4, 0.5) is 0 Å². The predicted molar refractivity (Wildman–Crippen MR) is 81.4 cm³/mol. The minimum Gasteiger partial charge on any atom is -0.366 e. The lowest BCUT2D eigenvalue weighted by molar-refractivity contribution is 0.100. The molecule has 0 spiro atoms. The molecule has 1 aromatic carbocycles. The van der Waals surface area contributed by atoms with Crippen molar-refractivity contribution in [1.29, 1.82) is 0 Å². The van der Waals surface area contributed by atoms with Gasteiger partial charge in [0.05, 0.1) is 0 Å². The van der Waals surface area contributed by atoms with E-state index < -0.39 is 0 Å². The van der Waals surface area contributed by atoms with Crippen LogP contribution in [0.5, 0.6) is 0 Å². The SMILES string of the molecule is CSC1CCCCN(Cc2ccc(C(N)=O)cc2)C1. The number of benzene rings is 1. The van der Waals surface area contributed by atoms with E-state index in [0.29, 0.717) is 5.56 Å². The standard InChI is InChI=1S/C15H22N2OS/c1-19-14-4-2-3-9-17(11-14)10-12-5-7-13(8-6-12)15(16)18/h5-8,14H,2-4,9-11H2,1H3,(H2,16,18). The molecule has 19 heavy (non-hydrogen) atoms. The fraction of sp³-hybridized carbons (Fsp3) is 0.533. The van der Waals surface area contributed by atoms with Crippen LogP contribution in [-0.2, 0) is 6.54 Å². The van der Waals surface area contributed by atoms with Gasteiger partial charge >= 0.3 is 0 Å². The fourth-order valence-electron chi connectivity index (χ4n) is 2.55. The lowest BCUT2D eigenvalue weighted by atomic mass is 10.1. The Morgan fingerprint density at radius 1 is 1.37 bits per heavy atom. The molecule has 1 aliphatic rings. The van der Waals surface area contributed by atoms with E-state index >= 15 is 0 Å². The van der Waals surface area contributed by atoms with Gasteiger partial charge in [-0.2, -0.15) is 11.8 Å². The Hall–Kier alpha value is -1.00. The van der Waals surface area contributed by atoms with Crippen molar-refractivity contribution in [1.82, 2.24) is 4.90 Å². The highest BCUT2D eigenvalue weighted by molar-refractivity contribution is 7.99. The fourth-order valence-corrected chi connectivity index (χ4v) is 3.31. The van der Waals surface area contributed by atoms with E-state index in [1.165, 1.54) is 37.9 Å².